The third-order valence-electron chi connectivity index (χ3n) is 5.07. The molecule has 0 atom stereocenters. The average molecular weight is 424 g/mol. The van der Waals surface area contributed by atoms with Gasteiger partial charge in [0.2, 0.25) is 0 Å². The van der Waals surface area contributed by atoms with Gasteiger partial charge in [0.25, 0.3) is 5.91 Å². The Morgan fingerprint density at radius 1 is 1.13 bits per heavy atom. The Kier molecular flexibility index (Phi) is 5.97. The Labute approximate surface area is 180 Å². The van der Waals surface area contributed by atoms with Crippen molar-refractivity contribution < 1.29 is 28.3 Å². The summed E-state index contributed by atoms with van der Waals surface area (Å²) < 4.78 is 27.7. The molecular weight excluding hydrogens is 400 g/mol. The van der Waals surface area contributed by atoms with E-state index in [4.69, 9.17) is 23.5 Å². The van der Waals surface area contributed by atoms with Gasteiger partial charge < -0.3 is 28.8 Å². The third-order valence-corrected chi connectivity index (χ3v) is 5.07. The van der Waals surface area contributed by atoms with Crippen LogP contribution in [0.25, 0.3) is 0 Å². The number of hydrogen-bond acceptors (Lipinski definition) is 7. The Balaban J connectivity index is 1.43. The number of methoxy groups -OCH3 is 1. The fourth-order valence-electron chi connectivity index (χ4n) is 3.34. The van der Waals surface area contributed by atoms with E-state index in [2.05, 4.69) is 10.5 Å². The van der Waals surface area contributed by atoms with Crippen molar-refractivity contribution >= 4 is 5.91 Å². The monoisotopic (exact) mass is 424 g/mol. The maximum absolute atomic E-state index is 12.7. The van der Waals surface area contributed by atoms with Crippen molar-refractivity contribution in [3.63, 3.8) is 0 Å². The van der Waals surface area contributed by atoms with Crippen LogP contribution >= 0.6 is 0 Å². The number of hydrogen-bond donors (Lipinski definition) is 1. The number of benzene rings is 2. The molecule has 3 aromatic rings. The number of rotatable bonds is 7. The van der Waals surface area contributed by atoms with E-state index in [9.17, 15) is 4.79 Å². The topological polar surface area (TPSA) is 92.1 Å². The summed E-state index contributed by atoms with van der Waals surface area (Å²) in [6, 6.07) is 10.7. The Morgan fingerprint density at radius 3 is 2.74 bits per heavy atom. The van der Waals surface area contributed by atoms with Gasteiger partial charge in [0.05, 0.1) is 18.4 Å². The predicted octanol–water partition coefficient (Wildman–Crippen LogP) is 3.58. The van der Waals surface area contributed by atoms with Crippen molar-refractivity contribution in [3.8, 4) is 23.0 Å². The van der Waals surface area contributed by atoms with Crippen LogP contribution in [0.1, 0.15) is 32.9 Å². The number of amides is 1. The summed E-state index contributed by atoms with van der Waals surface area (Å²) in [7, 11) is 1.54. The summed E-state index contributed by atoms with van der Waals surface area (Å²) in [5, 5.41) is 6.84. The molecule has 0 saturated heterocycles. The van der Waals surface area contributed by atoms with Crippen LogP contribution < -0.4 is 24.3 Å². The molecule has 1 amide bonds. The van der Waals surface area contributed by atoms with E-state index in [0.717, 1.165) is 16.8 Å². The summed E-state index contributed by atoms with van der Waals surface area (Å²) in [5.41, 5.74) is 2.99. The predicted molar refractivity (Wildman–Crippen MR) is 112 cm³/mol. The normalized spacial score (nSPS) is 12.4. The minimum Gasteiger partial charge on any atom is -0.493 e. The minimum atomic E-state index is -0.232. The Morgan fingerprint density at radius 2 is 1.97 bits per heavy atom. The van der Waals surface area contributed by atoms with E-state index in [-0.39, 0.29) is 5.91 Å². The van der Waals surface area contributed by atoms with Crippen molar-refractivity contribution in [1.29, 1.82) is 0 Å². The third kappa shape index (κ3) is 4.42. The van der Waals surface area contributed by atoms with Crippen LogP contribution in [0, 0.1) is 13.8 Å². The highest BCUT2D eigenvalue weighted by atomic mass is 16.6. The second-order valence-corrected chi connectivity index (χ2v) is 7.08. The molecule has 4 rings (SSSR count). The molecule has 31 heavy (non-hydrogen) atoms. The SMILES string of the molecule is COc1cc(C(=O)NCc2cccc3c2OCCO3)ccc1OCc1c(C)noc1C. The summed E-state index contributed by atoms with van der Waals surface area (Å²) in [4.78, 5) is 12.7. The van der Waals surface area contributed by atoms with Crippen molar-refractivity contribution in [1.82, 2.24) is 10.5 Å². The molecule has 0 spiro atoms. The van der Waals surface area contributed by atoms with E-state index < -0.39 is 0 Å². The molecule has 162 valence electrons. The Bertz CT molecular complexity index is 1070. The largest absolute Gasteiger partial charge is 0.493 e. The highest BCUT2D eigenvalue weighted by Gasteiger charge is 2.17. The smallest absolute Gasteiger partial charge is 0.251 e. The average Bonchev–Trinajstić information content (AvgIpc) is 3.12. The Hall–Kier alpha value is -3.68. The van der Waals surface area contributed by atoms with E-state index in [1.807, 2.05) is 32.0 Å². The second kappa shape index (κ2) is 8.99. The maximum Gasteiger partial charge on any atom is 0.251 e. The van der Waals surface area contributed by atoms with Crippen LogP contribution in [0.2, 0.25) is 0 Å². The minimum absolute atomic E-state index is 0.232. The quantitative estimate of drug-likeness (QED) is 0.620. The highest BCUT2D eigenvalue weighted by molar-refractivity contribution is 5.94. The molecule has 2 heterocycles. The number of para-hydroxylation sites is 1. The molecule has 1 aliphatic heterocycles. The number of carbonyl (C=O) groups is 1. The molecular formula is C23H24N2O6. The van der Waals surface area contributed by atoms with Gasteiger partial charge in [-0.15, -0.1) is 0 Å². The van der Waals surface area contributed by atoms with Gasteiger partial charge in [-0.1, -0.05) is 17.3 Å². The van der Waals surface area contributed by atoms with Crippen molar-refractivity contribution in [3.05, 3.63) is 64.5 Å². The number of nitrogens with one attached hydrogen (secondary N) is 1. The molecule has 0 bridgehead atoms. The number of fused-ring (bicyclic) bond motifs is 1. The number of carbonyl (C=O) groups excluding carboxylic acids is 1. The zero-order valence-corrected chi connectivity index (χ0v) is 17.7. The van der Waals surface area contributed by atoms with Gasteiger partial charge in [0, 0.05) is 17.7 Å². The first-order valence-electron chi connectivity index (χ1n) is 9.95. The first kappa shape index (κ1) is 20.6. The molecule has 0 radical (unpaired) electrons. The van der Waals surface area contributed by atoms with Crippen LogP contribution in [0.4, 0.5) is 0 Å². The summed E-state index contributed by atoms with van der Waals surface area (Å²) in [6.07, 6.45) is 0. The summed E-state index contributed by atoms with van der Waals surface area (Å²) >= 11 is 0. The summed E-state index contributed by atoms with van der Waals surface area (Å²) in [5.74, 6) is 2.85. The van der Waals surface area contributed by atoms with Gasteiger partial charge in [-0.3, -0.25) is 4.79 Å². The standard InChI is InChI=1S/C23H24N2O6/c1-14-18(15(2)31-25-14)13-30-19-8-7-16(11-21(19)27-3)23(26)24-12-17-5-4-6-20-22(17)29-10-9-28-20/h4-8,11H,9-10,12-13H2,1-3H3,(H,24,26). The number of nitrogens with zero attached hydrogens (tertiary/aromatic N) is 1. The molecule has 2 aromatic carbocycles. The first-order valence-corrected chi connectivity index (χ1v) is 9.95. The van der Waals surface area contributed by atoms with Crippen LogP contribution in [0.3, 0.4) is 0 Å². The molecule has 0 unspecified atom stereocenters. The van der Waals surface area contributed by atoms with Crippen LogP contribution in [-0.4, -0.2) is 31.4 Å². The second-order valence-electron chi connectivity index (χ2n) is 7.08. The van der Waals surface area contributed by atoms with Gasteiger partial charge in [-0.05, 0) is 38.1 Å². The first-order chi connectivity index (χ1) is 15.1. The van der Waals surface area contributed by atoms with Gasteiger partial charge >= 0.3 is 0 Å². The van der Waals surface area contributed by atoms with Gasteiger partial charge in [0.15, 0.2) is 23.0 Å². The van der Waals surface area contributed by atoms with Gasteiger partial charge in [-0.2, -0.15) is 0 Å². The lowest BCUT2D eigenvalue weighted by atomic mass is 10.1. The molecule has 1 aliphatic rings. The fraction of sp³-hybridized carbons (Fsp3) is 0.304. The van der Waals surface area contributed by atoms with Crippen molar-refractivity contribution in [2.24, 2.45) is 0 Å². The molecule has 1 N–H and O–H groups in total. The van der Waals surface area contributed by atoms with Gasteiger partial charge in [-0.25, -0.2) is 0 Å². The number of aromatic nitrogens is 1. The molecule has 8 nitrogen and oxygen atoms in total. The number of aryl methyl sites for hydroxylation is 2. The van der Waals surface area contributed by atoms with Crippen LogP contribution in [0.5, 0.6) is 23.0 Å². The lowest BCUT2D eigenvalue weighted by Gasteiger charge is -2.21. The van der Waals surface area contributed by atoms with Crippen molar-refractivity contribution in [2.75, 3.05) is 20.3 Å². The molecule has 0 aliphatic carbocycles. The molecule has 8 heteroatoms. The fourth-order valence-corrected chi connectivity index (χ4v) is 3.34. The van der Waals surface area contributed by atoms with E-state index in [1.54, 1.807) is 18.2 Å². The zero-order chi connectivity index (χ0) is 21.8. The van der Waals surface area contributed by atoms with Crippen LogP contribution in [-0.2, 0) is 13.2 Å². The van der Waals surface area contributed by atoms with Crippen molar-refractivity contribution in [2.45, 2.75) is 27.0 Å². The van der Waals surface area contributed by atoms with E-state index in [0.29, 0.717) is 60.7 Å². The summed E-state index contributed by atoms with van der Waals surface area (Å²) in [6.45, 7) is 5.32. The van der Waals surface area contributed by atoms with E-state index >= 15 is 0 Å². The molecule has 1 aromatic heterocycles. The highest BCUT2D eigenvalue weighted by Crippen LogP contribution is 2.34. The van der Waals surface area contributed by atoms with E-state index in [1.165, 1.54) is 7.11 Å². The van der Waals surface area contributed by atoms with Crippen LogP contribution in [0.15, 0.2) is 40.9 Å². The lowest BCUT2D eigenvalue weighted by Crippen LogP contribution is -2.24. The maximum atomic E-state index is 12.7. The zero-order valence-electron chi connectivity index (χ0n) is 17.7. The number of ether oxygens (including phenoxy) is 4. The van der Waals surface area contributed by atoms with Gasteiger partial charge in [0.1, 0.15) is 25.6 Å². The molecule has 0 saturated carbocycles. The lowest BCUT2D eigenvalue weighted by molar-refractivity contribution is 0.0949. The molecule has 0 fully saturated rings.